The molecule has 1 aliphatic rings. The van der Waals surface area contributed by atoms with Crippen molar-refractivity contribution in [1.82, 2.24) is 20.1 Å². The van der Waals surface area contributed by atoms with E-state index in [1.54, 1.807) is 18.2 Å². The van der Waals surface area contributed by atoms with Crippen molar-refractivity contribution in [2.24, 2.45) is 0 Å². The summed E-state index contributed by atoms with van der Waals surface area (Å²) in [7, 11) is 0. The van der Waals surface area contributed by atoms with Crippen molar-refractivity contribution in [1.29, 1.82) is 0 Å². The molecule has 8 heteroatoms. The maximum Gasteiger partial charge on any atom is 0.247 e. The summed E-state index contributed by atoms with van der Waals surface area (Å²) in [5.41, 5.74) is 0.494. The Morgan fingerprint density at radius 3 is 2.92 bits per heavy atom. The molecule has 0 saturated carbocycles. The fraction of sp³-hybridized carbons (Fsp3) is 0.333. The number of amides is 1. The van der Waals surface area contributed by atoms with Gasteiger partial charge in [0.1, 0.15) is 6.54 Å². The van der Waals surface area contributed by atoms with Gasteiger partial charge in [-0.1, -0.05) is 12.1 Å². The van der Waals surface area contributed by atoms with Crippen molar-refractivity contribution in [2.75, 3.05) is 18.4 Å². The van der Waals surface area contributed by atoms with E-state index >= 15 is 0 Å². The number of piperidine rings is 1. The third-order valence-electron chi connectivity index (χ3n) is 4.57. The van der Waals surface area contributed by atoms with E-state index in [1.807, 2.05) is 12.3 Å². The molecule has 1 fully saturated rings. The molecule has 1 aliphatic heterocycles. The second-order valence-electron chi connectivity index (χ2n) is 6.32. The number of anilines is 1. The van der Waals surface area contributed by atoms with E-state index in [1.165, 1.54) is 27.1 Å². The highest BCUT2D eigenvalue weighted by Crippen LogP contribution is 2.31. The number of nitrogens with zero attached hydrogens (tertiary/aromatic N) is 3. The van der Waals surface area contributed by atoms with E-state index in [4.69, 9.17) is 0 Å². The molecule has 134 valence electrons. The van der Waals surface area contributed by atoms with Crippen molar-refractivity contribution in [3.05, 3.63) is 51.8 Å². The van der Waals surface area contributed by atoms with E-state index in [2.05, 4.69) is 20.7 Å². The minimum absolute atomic E-state index is 0.0308. The number of hydrogen-bond donors (Lipinski definition) is 2. The van der Waals surface area contributed by atoms with Crippen LogP contribution in [0.4, 0.5) is 5.13 Å². The summed E-state index contributed by atoms with van der Waals surface area (Å²) in [4.78, 5) is 29.8. The summed E-state index contributed by atoms with van der Waals surface area (Å²) in [6.45, 7) is 2.08. The third-order valence-corrected chi connectivity index (χ3v) is 5.64. The van der Waals surface area contributed by atoms with Crippen LogP contribution in [0, 0.1) is 0 Å². The van der Waals surface area contributed by atoms with Gasteiger partial charge in [-0.3, -0.25) is 14.3 Å². The first-order chi connectivity index (χ1) is 12.7. The molecule has 0 aliphatic carbocycles. The zero-order chi connectivity index (χ0) is 17.9. The zero-order valence-corrected chi connectivity index (χ0v) is 15.0. The van der Waals surface area contributed by atoms with Gasteiger partial charge in [-0.25, -0.2) is 4.98 Å². The highest BCUT2D eigenvalue weighted by molar-refractivity contribution is 7.15. The number of benzene rings is 1. The first kappa shape index (κ1) is 16.9. The molecule has 1 saturated heterocycles. The first-order valence-electron chi connectivity index (χ1n) is 8.62. The minimum atomic E-state index is -0.211. The van der Waals surface area contributed by atoms with Gasteiger partial charge in [-0.2, -0.15) is 5.10 Å². The molecule has 2 aromatic heterocycles. The van der Waals surface area contributed by atoms with Crippen LogP contribution >= 0.6 is 11.3 Å². The number of thiazole rings is 1. The van der Waals surface area contributed by atoms with Crippen molar-refractivity contribution in [3.8, 4) is 0 Å². The summed E-state index contributed by atoms with van der Waals surface area (Å²) in [6, 6.07) is 7.14. The SMILES string of the molecule is O=C(Cn1ncc(=O)c2ccccc21)Nc1ncc(C2CCNCC2)s1. The average Bonchev–Trinajstić information content (AvgIpc) is 3.13. The van der Waals surface area contributed by atoms with Crippen molar-refractivity contribution in [2.45, 2.75) is 25.3 Å². The molecule has 26 heavy (non-hydrogen) atoms. The summed E-state index contributed by atoms with van der Waals surface area (Å²) in [5, 5.41) is 11.4. The lowest BCUT2D eigenvalue weighted by atomic mass is 9.97. The Morgan fingerprint density at radius 2 is 2.08 bits per heavy atom. The van der Waals surface area contributed by atoms with Crippen LogP contribution in [-0.4, -0.2) is 33.8 Å². The number of rotatable bonds is 4. The van der Waals surface area contributed by atoms with Gasteiger partial charge in [0.05, 0.1) is 11.7 Å². The fourth-order valence-electron chi connectivity index (χ4n) is 3.22. The summed E-state index contributed by atoms with van der Waals surface area (Å²) in [5.74, 6) is 0.307. The molecular weight excluding hydrogens is 350 g/mol. The standard InChI is InChI=1S/C18H19N5O2S/c24-15-9-21-23(14-4-2-1-3-13(14)15)11-17(25)22-18-20-10-16(26-18)12-5-7-19-8-6-12/h1-4,9-10,12,19H,5-8,11H2,(H,20,22,25). The number of carbonyl (C=O) groups excluding carboxylic acids is 1. The number of aromatic nitrogens is 3. The quantitative estimate of drug-likeness (QED) is 0.734. The molecule has 0 radical (unpaired) electrons. The highest BCUT2D eigenvalue weighted by atomic mass is 32.1. The summed E-state index contributed by atoms with van der Waals surface area (Å²) in [6.07, 6.45) is 5.31. The van der Waals surface area contributed by atoms with Crippen LogP contribution in [0.2, 0.25) is 0 Å². The molecule has 1 amide bonds. The predicted molar refractivity (Wildman–Crippen MR) is 102 cm³/mol. The van der Waals surface area contributed by atoms with Gasteiger partial charge < -0.3 is 10.6 Å². The number of para-hydroxylation sites is 1. The van der Waals surface area contributed by atoms with Gasteiger partial charge in [0.15, 0.2) is 5.13 Å². The lowest BCUT2D eigenvalue weighted by Crippen LogP contribution is -2.26. The lowest BCUT2D eigenvalue weighted by molar-refractivity contribution is -0.116. The van der Waals surface area contributed by atoms with Crippen LogP contribution in [0.25, 0.3) is 10.9 Å². The van der Waals surface area contributed by atoms with Crippen LogP contribution in [0.5, 0.6) is 0 Å². The van der Waals surface area contributed by atoms with Crippen LogP contribution in [0.15, 0.2) is 41.5 Å². The van der Waals surface area contributed by atoms with Crippen molar-refractivity contribution < 1.29 is 4.79 Å². The number of hydrogen-bond acceptors (Lipinski definition) is 6. The van der Waals surface area contributed by atoms with Crippen LogP contribution in [0.1, 0.15) is 23.6 Å². The second-order valence-corrected chi connectivity index (χ2v) is 7.39. The largest absolute Gasteiger partial charge is 0.317 e. The second kappa shape index (κ2) is 7.35. The van der Waals surface area contributed by atoms with Crippen LogP contribution in [0.3, 0.4) is 0 Å². The Morgan fingerprint density at radius 1 is 1.27 bits per heavy atom. The molecule has 0 bridgehead atoms. The summed E-state index contributed by atoms with van der Waals surface area (Å²) >= 11 is 1.53. The van der Waals surface area contributed by atoms with Gasteiger partial charge >= 0.3 is 0 Å². The van der Waals surface area contributed by atoms with Gasteiger partial charge in [-0.15, -0.1) is 11.3 Å². The third kappa shape index (κ3) is 3.51. The fourth-order valence-corrected chi connectivity index (χ4v) is 4.22. The zero-order valence-electron chi connectivity index (χ0n) is 14.1. The smallest absolute Gasteiger partial charge is 0.247 e. The Labute approximate surface area is 154 Å². The summed E-state index contributed by atoms with van der Waals surface area (Å²) < 4.78 is 1.54. The van der Waals surface area contributed by atoms with Gasteiger partial charge in [0.2, 0.25) is 11.3 Å². The van der Waals surface area contributed by atoms with Gasteiger partial charge in [0, 0.05) is 16.5 Å². The Bertz CT molecular complexity index is 990. The van der Waals surface area contributed by atoms with E-state index < -0.39 is 0 Å². The van der Waals surface area contributed by atoms with Crippen LogP contribution < -0.4 is 16.1 Å². The molecule has 3 heterocycles. The Balaban J connectivity index is 1.47. The Kier molecular flexibility index (Phi) is 4.77. The van der Waals surface area contributed by atoms with Gasteiger partial charge in [0.25, 0.3) is 0 Å². The van der Waals surface area contributed by atoms with Crippen LogP contribution in [-0.2, 0) is 11.3 Å². The molecule has 2 N–H and O–H groups in total. The molecule has 3 aromatic rings. The molecule has 4 rings (SSSR count). The maximum absolute atomic E-state index is 12.4. The minimum Gasteiger partial charge on any atom is -0.317 e. The molecule has 1 aromatic carbocycles. The van der Waals surface area contributed by atoms with Crippen molar-refractivity contribution >= 4 is 33.3 Å². The number of carbonyl (C=O) groups is 1. The lowest BCUT2D eigenvalue weighted by Gasteiger charge is -2.20. The predicted octanol–water partition coefficient (Wildman–Crippen LogP) is 1.96. The molecular formula is C18H19N5O2S. The number of fused-ring (bicyclic) bond motifs is 1. The average molecular weight is 369 g/mol. The molecule has 0 spiro atoms. The first-order valence-corrected chi connectivity index (χ1v) is 9.43. The van der Waals surface area contributed by atoms with E-state index in [-0.39, 0.29) is 17.9 Å². The Hall–Kier alpha value is -2.58. The van der Waals surface area contributed by atoms with Gasteiger partial charge in [-0.05, 0) is 44.0 Å². The topological polar surface area (TPSA) is 88.9 Å². The van der Waals surface area contributed by atoms with E-state index in [9.17, 15) is 9.59 Å². The molecule has 0 atom stereocenters. The monoisotopic (exact) mass is 369 g/mol. The van der Waals surface area contributed by atoms with E-state index in [0.29, 0.717) is 22.0 Å². The normalized spacial score (nSPS) is 15.2. The van der Waals surface area contributed by atoms with Crippen molar-refractivity contribution in [3.63, 3.8) is 0 Å². The molecule has 0 unspecified atom stereocenters. The number of nitrogens with one attached hydrogen (secondary N) is 2. The molecule has 7 nitrogen and oxygen atoms in total. The van der Waals surface area contributed by atoms with E-state index in [0.717, 1.165) is 25.9 Å². The maximum atomic E-state index is 12.4. The highest BCUT2D eigenvalue weighted by Gasteiger charge is 2.18.